The lowest BCUT2D eigenvalue weighted by Gasteiger charge is -2.36. The molecule has 0 N–H and O–H groups in total. The molecule has 0 amide bonds. The van der Waals surface area contributed by atoms with Crippen LogP contribution in [0.4, 0.5) is 22.0 Å². The highest BCUT2D eigenvalue weighted by Gasteiger charge is 2.45. The molecule has 1 aliphatic rings. The molecule has 0 aromatic heterocycles. The Morgan fingerprint density at radius 1 is 0.929 bits per heavy atom. The minimum absolute atomic E-state index is 0.0550. The van der Waals surface area contributed by atoms with Gasteiger partial charge in [-0.05, 0) is 5.56 Å². The van der Waals surface area contributed by atoms with E-state index in [2.05, 4.69) is 0 Å². The van der Waals surface area contributed by atoms with Gasteiger partial charge in [0.15, 0.2) is 28.2 Å². The quantitative estimate of drug-likeness (QED) is 0.322. The van der Waals surface area contributed by atoms with Crippen molar-refractivity contribution in [1.82, 2.24) is 4.31 Å². The number of hydrogen-bond acceptors (Lipinski definition) is 4. The van der Waals surface area contributed by atoms with Crippen molar-refractivity contribution in [2.75, 3.05) is 13.1 Å². The number of carbonyl (C=O) groups is 1. The summed E-state index contributed by atoms with van der Waals surface area (Å²) in [6, 6.07) is 8.62. The van der Waals surface area contributed by atoms with Crippen molar-refractivity contribution in [3.63, 3.8) is 0 Å². The van der Waals surface area contributed by atoms with E-state index in [-0.39, 0.29) is 6.61 Å². The van der Waals surface area contributed by atoms with Gasteiger partial charge in [-0.3, -0.25) is 4.79 Å². The molecular weight excluding hydrogens is 409 g/mol. The van der Waals surface area contributed by atoms with Gasteiger partial charge in [0.1, 0.15) is 6.61 Å². The van der Waals surface area contributed by atoms with Gasteiger partial charge >= 0.3 is 5.97 Å². The highest BCUT2D eigenvalue weighted by atomic mass is 32.2. The Bertz CT molecular complexity index is 995. The second-order valence-electron chi connectivity index (χ2n) is 6.01. The van der Waals surface area contributed by atoms with Gasteiger partial charge in [0.05, 0.1) is 5.92 Å². The molecule has 1 aliphatic heterocycles. The first-order valence-corrected chi connectivity index (χ1v) is 9.30. The molecule has 0 aliphatic carbocycles. The van der Waals surface area contributed by atoms with Crippen LogP contribution in [0.1, 0.15) is 5.56 Å². The number of benzene rings is 2. The van der Waals surface area contributed by atoms with Crippen molar-refractivity contribution >= 4 is 16.0 Å². The highest BCUT2D eigenvalue weighted by molar-refractivity contribution is 7.89. The van der Waals surface area contributed by atoms with Crippen LogP contribution in [-0.4, -0.2) is 31.8 Å². The highest BCUT2D eigenvalue weighted by Crippen LogP contribution is 2.32. The van der Waals surface area contributed by atoms with Gasteiger partial charge in [0, 0.05) is 13.1 Å². The zero-order chi connectivity index (χ0) is 20.6. The Labute approximate surface area is 156 Å². The summed E-state index contributed by atoms with van der Waals surface area (Å²) in [5.74, 6) is -13.8. The first kappa shape index (κ1) is 20.2. The maximum atomic E-state index is 13.8. The summed E-state index contributed by atoms with van der Waals surface area (Å²) in [7, 11) is -5.03. The molecule has 1 heterocycles. The molecule has 5 nitrogen and oxygen atoms in total. The third-order valence-electron chi connectivity index (χ3n) is 4.17. The Hall–Kier alpha value is -2.53. The fourth-order valence-corrected chi connectivity index (χ4v) is 4.21. The number of hydrogen-bond donors (Lipinski definition) is 0. The normalized spacial score (nSPS) is 15.3. The second kappa shape index (κ2) is 7.47. The molecule has 0 radical (unpaired) electrons. The lowest BCUT2D eigenvalue weighted by molar-refractivity contribution is -0.153. The molecule has 0 saturated carbocycles. The zero-order valence-corrected chi connectivity index (χ0v) is 14.8. The fraction of sp³-hybridized carbons (Fsp3) is 0.235. The molecule has 2 aromatic carbocycles. The van der Waals surface area contributed by atoms with Gasteiger partial charge in [0.2, 0.25) is 15.8 Å². The van der Waals surface area contributed by atoms with E-state index in [1.165, 1.54) is 0 Å². The number of nitrogens with zero attached hydrogens (tertiary/aromatic N) is 1. The number of carbonyl (C=O) groups excluding carboxylic acids is 1. The van der Waals surface area contributed by atoms with Crippen LogP contribution in [0, 0.1) is 35.0 Å². The van der Waals surface area contributed by atoms with E-state index in [9.17, 15) is 35.2 Å². The molecular formula is C17H12F5NO4S. The molecule has 1 saturated heterocycles. The van der Waals surface area contributed by atoms with E-state index >= 15 is 0 Å². The van der Waals surface area contributed by atoms with Gasteiger partial charge < -0.3 is 4.74 Å². The average Bonchev–Trinajstić information content (AvgIpc) is 2.62. The third-order valence-corrected chi connectivity index (χ3v) is 6.03. The van der Waals surface area contributed by atoms with Gasteiger partial charge in [-0.1, -0.05) is 30.3 Å². The molecule has 0 atom stereocenters. The van der Waals surface area contributed by atoms with Gasteiger partial charge in [-0.2, -0.15) is 4.31 Å². The van der Waals surface area contributed by atoms with Crippen molar-refractivity contribution in [2.45, 2.75) is 11.5 Å². The Balaban J connectivity index is 1.71. The lowest BCUT2D eigenvalue weighted by atomic mass is 10.0. The Morgan fingerprint density at radius 3 is 1.96 bits per heavy atom. The van der Waals surface area contributed by atoms with E-state index in [0.717, 1.165) is 0 Å². The number of ether oxygens (including phenoxy) is 1. The van der Waals surface area contributed by atoms with E-state index < -0.39 is 69.0 Å². The van der Waals surface area contributed by atoms with Gasteiger partial charge in [0.25, 0.3) is 0 Å². The van der Waals surface area contributed by atoms with Gasteiger partial charge in [-0.25, -0.2) is 30.4 Å². The summed E-state index contributed by atoms with van der Waals surface area (Å²) < 4.78 is 97.1. The molecule has 28 heavy (non-hydrogen) atoms. The van der Waals surface area contributed by atoms with Crippen LogP contribution in [0.15, 0.2) is 35.2 Å². The first-order chi connectivity index (χ1) is 13.1. The SMILES string of the molecule is O=C(OCc1ccccc1)C1CN(S(=O)(=O)c2c(F)c(F)c(F)c(F)c2F)C1. The van der Waals surface area contributed by atoms with E-state index in [1.54, 1.807) is 30.3 Å². The van der Waals surface area contributed by atoms with Crippen molar-refractivity contribution < 1.29 is 39.9 Å². The minimum Gasteiger partial charge on any atom is -0.461 e. The number of sulfonamides is 1. The maximum Gasteiger partial charge on any atom is 0.311 e. The van der Waals surface area contributed by atoms with Gasteiger partial charge in [-0.15, -0.1) is 0 Å². The molecule has 1 fully saturated rings. The van der Waals surface area contributed by atoms with Crippen LogP contribution in [0.3, 0.4) is 0 Å². The van der Waals surface area contributed by atoms with Crippen LogP contribution < -0.4 is 0 Å². The zero-order valence-electron chi connectivity index (χ0n) is 14.0. The van der Waals surface area contributed by atoms with Crippen LogP contribution in [0.5, 0.6) is 0 Å². The summed E-state index contributed by atoms with van der Waals surface area (Å²) in [6.45, 7) is -1.06. The van der Waals surface area contributed by atoms with E-state index in [0.29, 0.717) is 9.87 Å². The molecule has 2 aromatic rings. The molecule has 11 heteroatoms. The molecule has 150 valence electrons. The molecule has 0 bridgehead atoms. The summed E-state index contributed by atoms with van der Waals surface area (Å²) in [6.07, 6.45) is 0. The van der Waals surface area contributed by atoms with Crippen LogP contribution in [0.25, 0.3) is 0 Å². The van der Waals surface area contributed by atoms with Crippen molar-refractivity contribution in [2.24, 2.45) is 5.92 Å². The molecule has 0 unspecified atom stereocenters. The summed E-state index contributed by atoms with van der Waals surface area (Å²) in [5, 5.41) is 0. The molecule has 3 rings (SSSR count). The number of esters is 1. The van der Waals surface area contributed by atoms with Crippen LogP contribution >= 0.6 is 0 Å². The summed E-state index contributed by atoms with van der Waals surface area (Å²) >= 11 is 0. The third kappa shape index (κ3) is 3.47. The van der Waals surface area contributed by atoms with Crippen molar-refractivity contribution in [3.8, 4) is 0 Å². The number of rotatable bonds is 5. The lowest BCUT2D eigenvalue weighted by Crippen LogP contribution is -2.53. The minimum atomic E-state index is -5.03. The van der Waals surface area contributed by atoms with Crippen LogP contribution in [0.2, 0.25) is 0 Å². The van der Waals surface area contributed by atoms with Crippen molar-refractivity contribution in [1.29, 1.82) is 0 Å². The second-order valence-corrected chi connectivity index (χ2v) is 7.89. The Morgan fingerprint density at radius 2 is 1.43 bits per heavy atom. The smallest absolute Gasteiger partial charge is 0.311 e. The predicted molar refractivity (Wildman–Crippen MR) is 84.7 cm³/mol. The summed E-state index contributed by atoms with van der Waals surface area (Å²) in [4.78, 5) is 9.99. The topological polar surface area (TPSA) is 63.7 Å². The van der Waals surface area contributed by atoms with Crippen LogP contribution in [-0.2, 0) is 26.2 Å². The number of halogens is 5. The standard InChI is InChI=1S/C17H12F5NO4S/c18-11-12(19)14(21)16(15(22)13(11)20)28(25,26)23-6-10(7-23)17(24)27-8-9-4-2-1-3-5-9/h1-5,10H,6-8H2. The predicted octanol–water partition coefficient (Wildman–Crippen LogP) is 2.75. The monoisotopic (exact) mass is 421 g/mol. The first-order valence-electron chi connectivity index (χ1n) is 7.86. The van der Waals surface area contributed by atoms with E-state index in [1.807, 2.05) is 0 Å². The largest absolute Gasteiger partial charge is 0.461 e. The average molecular weight is 421 g/mol. The molecule has 0 spiro atoms. The summed E-state index contributed by atoms with van der Waals surface area (Å²) in [5.41, 5.74) is 0.695. The Kier molecular flexibility index (Phi) is 5.39. The van der Waals surface area contributed by atoms with E-state index in [4.69, 9.17) is 4.74 Å². The fourth-order valence-electron chi connectivity index (χ4n) is 2.57. The maximum absolute atomic E-state index is 13.8. The van der Waals surface area contributed by atoms with Crippen molar-refractivity contribution in [3.05, 3.63) is 65.0 Å².